The predicted octanol–water partition coefficient (Wildman–Crippen LogP) is 9.00. The zero-order valence-electron chi connectivity index (χ0n) is 18.8. The van der Waals surface area contributed by atoms with Crippen LogP contribution < -0.4 is 0 Å². The Morgan fingerprint density at radius 3 is 1.83 bits per heavy atom. The zero-order chi connectivity index (χ0) is 23.2. The summed E-state index contributed by atoms with van der Waals surface area (Å²) in [7, 11) is 0. The van der Waals surface area contributed by atoms with Gasteiger partial charge in [0.2, 0.25) is 0 Å². The third kappa shape index (κ3) is 3.32. The summed E-state index contributed by atoms with van der Waals surface area (Å²) in [6.45, 7) is 0. The topological polar surface area (TPSA) is 25.8 Å². The third-order valence-electron chi connectivity index (χ3n) is 6.48. The van der Waals surface area contributed by atoms with E-state index in [1.807, 2.05) is 23.5 Å². The molecule has 2 aromatic heterocycles. The van der Waals surface area contributed by atoms with Crippen LogP contribution in [-0.4, -0.2) is 9.97 Å². The second kappa shape index (κ2) is 8.15. The molecule has 0 spiro atoms. The molecule has 0 aliphatic carbocycles. The first kappa shape index (κ1) is 20.1. The van der Waals surface area contributed by atoms with Crippen LogP contribution in [0, 0.1) is 0 Å². The van der Waals surface area contributed by atoms with E-state index in [2.05, 4.69) is 109 Å². The number of fused-ring (bicyclic) bond motifs is 4. The minimum atomic E-state index is 0.902. The average Bonchev–Trinajstić information content (AvgIpc) is 3.32. The lowest BCUT2D eigenvalue weighted by atomic mass is 9.99. The minimum Gasteiger partial charge on any atom is -0.244 e. The van der Waals surface area contributed by atoms with Gasteiger partial charge in [-0.3, -0.25) is 0 Å². The Kier molecular flexibility index (Phi) is 4.68. The van der Waals surface area contributed by atoms with Gasteiger partial charge in [0.15, 0.2) is 0 Å². The molecule has 2 nitrogen and oxygen atoms in total. The first-order valence-corrected chi connectivity index (χ1v) is 12.5. The Bertz CT molecular complexity index is 1840. The second-order valence-corrected chi connectivity index (χ2v) is 9.66. The van der Waals surface area contributed by atoms with Gasteiger partial charge >= 0.3 is 0 Å². The van der Waals surface area contributed by atoms with Crippen molar-refractivity contribution >= 4 is 42.5 Å². The van der Waals surface area contributed by atoms with Gasteiger partial charge in [0, 0.05) is 42.4 Å². The SMILES string of the molecule is c1ccc(-c2nc3cccc(-c4cccc5c4sc4ccccc45)c3nc2-c2ccccc2)cc1. The fraction of sp³-hybridized carbons (Fsp3) is 0. The maximum absolute atomic E-state index is 5.30. The maximum atomic E-state index is 5.30. The summed E-state index contributed by atoms with van der Waals surface area (Å²) in [5, 5.41) is 2.59. The molecule has 0 atom stereocenters. The van der Waals surface area contributed by atoms with E-state index in [1.165, 1.54) is 25.7 Å². The van der Waals surface area contributed by atoms with E-state index < -0.39 is 0 Å². The molecule has 0 N–H and O–H groups in total. The first-order chi connectivity index (χ1) is 17.4. The summed E-state index contributed by atoms with van der Waals surface area (Å²) in [5.74, 6) is 0. The first-order valence-electron chi connectivity index (χ1n) is 11.7. The smallest absolute Gasteiger partial charge is 0.0973 e. The normalized spacial score (nSPS) is 11.4. The molecule has 0 amide bonds. The number of benzene rings is 5. The highest BCUT2D eigenvalue weighted by Gasteiger charge is 2.17. The number of thiophene rings is 1. The lowest BCUT2D eigenvalue weighted by molar-refractivity contribution is 1.29. The molecule has 0 bridgehead atoms. The van der Waals surface area contributed by atoms with Gasteiger partial charge < -0.3 is 0 Å². The maximum Gasteiger partial charge on any atom is 0.0973 e. The van der Waals surface area contributed by atoms with Gasteiger partial charge in [-0.2, -0.15) is 0 Å². The fourth-order valence-electron chi connectivity index (χ4n) is 4.85. The van der Waals surface area contributed by atoms with Crippen molar-refractivity contribution in [1.29, 1.82) is 0 Å². The number of aromatic nitrogens is 2. The van der Waals surface area contributed by atoms with Gasteiger partial charge in [-0.25, -0.2) is 9.97 Å². The Labute approximate surface area is 207 Å². The van der Waals surface area contributed by atoms with Crippen molar-refractivity contribution in [2.75, 3.05) is 0 Å². The van der Waals surface area contributed by atoms with Crippen LogP contribution in [0.5, 0.6) is 0 Å². The molecule has 164 valence electrons. The lowest BCUT2D eigenvalue weighted by Crippen LogP contribution is -1.97. The van der Waals surface area contributed by atoms with Gasteiger partial charge in [0.25, 0.3) is 0 Å². The standard InChI is InChI=1S/C32H20N2S/c1-3-11-21(12-4-1)29-30(22-13-5-2-6-14-22)34-31-24(16-10-19-27(31)33-29)26-18-9-17-25-23-15-7-8-20-28(23)35-32(25)26/h1-20H. The number of nitrogens with zero attached hydrogens (tertiary/aromatic N) is 2. The predicted molar refractivity (Wildman–Crippen MR) is 149 cm³/mol. The van der Waals surface area contributed by atoms with E-state index in [0.29, 0.717) is 0 Å². The van der Waals surface area contributed by atoms with E-state index in [0.717, 1.165) is 39.1 Å². The molecule has 0 aliphatic heterocycles. The summed E-state index contributed by atoms with van der Waals surface area (Å²) in [4.78, 5) is 10.5. The van der Waals surface area contributed by atoms with Crippen LogP contribution in [-0.2, 0) is 0 Å². The van der Waals surface area contributed by atoms with Crippen LogP contribution in [0.4, 0.5) is 0 Å². The van der Waals surface area contributed by atoms with Crippen molar-refractivity contribution < 1.29 is 0 Å². The van der Waals surface area contributed by atoms with E-state index in [1.54, 1.807) is 0 Å². The van der Waals surface area contributed by atoms with Gasteiger partial charge in [-0.15, -0.1) is 11.3 Å². The summed E-state index contributed by atoms with van der Waals surface area (Å²) in [6.07, 6.45) is 0. The summed E-state index contributed by atoms with van der Waals surface area (Å²) >= 11 is 1.84. The number of rotatable bonds is 3. The molecule has 0 aliphatic rings. The lowest BCUT2D eigenvalue weighted by Gasteiger charge is -2.13. The van der Waals surface area contributed by atoms with Crippen LogP contribution in [0.25, 0.3) is 64.8 Å². The van der Waals surface area contributed by atoms with Crippen molar-refractivity contribution in [1.82, 2.24) is 9.97 Å². The Hall–Kier alpha value is -4.34. The highest BCUT2D eigenvalue weighted by Crippen LogP contribution is 2.42. The monoisotopic (exact) mass is 464 g/mol. The molecular formula is C32H20N2S. The van der Waals surface area contributed by atoms with Crippen LogP contribution >= 0.6 is 11.3 Å². The Balaban J connectivity index is 1.55. The van der Waals surface area contributed by atoms with Crippen LogP contribution in [0.3, 0.4) is 0 Å². The second-order valence-electron chi connectivity index (χ2n) is 8.61. The molecule has 0 radical (unpaired) electrons. The van der Waals surface area contributed by atoms with Crippen LogP contribution in [0.2, 0.25) is 0 Å². The summed E-state index contributed by atoms with van der Waals surface area (Å²) < 4.78 is 2.59. The highest BCUT2D eigenvalue weighted by molar-refractivity contribution is 7.26. The van der Waals surface area contributed by atoms with Crippen molar-refractivity contribution in [3.8, 4) is 33.6 Å². The molecule has 0 fully saturated rings. The summed E-state index contributed by atoms with van der Waals surface area (Å²) in [6, 6.07) is 42.2. The van der Waals surface area contributed by atoms with Crippen molar-refractivity contribution in [3.63, 3.8) is 0 Å². The van der Waals surface area contributed by atoms with E-state index in [9.17, 15) is 0 Å². The molecule has 7 aromatic rings. The number of hydrogen-bond acceptors (Lipinski definition) is 3. The van der Waals surface area contributed by atoms with Crippen molar-refractivity contribution in [2.24, 2.45) is 0 Å². The van der Waals surface area contributed by atoms with E-state index in [4.69, 9.17) is 9.97 Å². The molecule has 2 heterocycles. The van der Waals surface area contributed by atoms with Crippen LogP contribution in [0.15, 0.2) is 121 Å². The Morgan fingerprint density at radius 2 is 1.06 bits per heavy atom. The number of para-hydroxylation sites is 1. The van der Waals surface area contributed by atoms with Crippen LogP contribution in [0.1, 0.15) is 0 Å². The molecule has 35 heavy (non-hydrogen) atoms. The van der Waals surface area contributed by atoms with Gasteiger partial charge in [-0.1, -0.05) is 109 Å². The third-order valence-corrected chi connectivity index (χ3v) is 7.70. The molecule has 7 rings (SSSR count). The molecule has 0 saturated heterocycles. The minimum absolute atomic E-state index is 0.902. The van der Waals surface area contributed by atoms with Gasteiger partial charge in [0.1, 0.15) is 0 Å². The largest absolute Gasteiger partial charge is 0.244 e. The fourth-order valence-corrected chi connectivity index (χ4v) is 6.08. The molecule has 5 aromatic carbocycles. The Morgan fingerprint density at radius 1 is 0.457 bits per heavy atom. The summed E-state index contributed by atoms with van der Waals surface area (Å²) in [5.41, 5.74) is 8.09. The molecular weight excluding hydrogens is 444 g/mol. The van der Waals surface area contributed by atoms with Gasteiger partial charge in [-0.05, 0) is 12.1 Å². The molecule has 3 heteroatoms. The zero-order valence-corrected chi connectivity index (χ0v) is 19.7. The van der Waals surface area contributed by atoms with Crippen molar-refractivity contribution in [3.05, 3.63) is 121 Å². The van der Waals surface area contributed by atoms with E-state index >= 15 is 0 Å². The average molecular weight is 465 g/mol. The number of hydrogen-bond donors (Lipinski definition) is 0. The van der Waals surface area contributed by atoms with Crippen molar-refractivity contribution in [2.45, 2.75) is 0 Å². The molecule has 0 saturated carbocycles. The molecule has 0 unspecified atom stereocenters. The highest BCUT2D eigenvalue weighted by atomic mass is 32.1. The van der Waals surface area contributed by atoms with Gasteiger partial charge in [0.05, 0.1) is 22.4 Å². The quantitative estimate of drug-likeness (QED) is 0.261. The van der Waals surface area contributed by atoms with E-state index in [-0.39, 0.29) is 0 Å².